The molecule has 1 atom stereocenters. The van der Waals surface area contributed by atoms with Crippen molar-refractivity contribution in [3.8, 4) is 5.75 Å². The van der Waals surface area contributed by atoms with Gasteiger partial charge in [-0.3, -0.25) is 4.90 Å². The van der Waals surface area contributed by atoms with E-state index in [-0.39, 0.29) is 12.6 Å². The number of aliphatic hydroxyl groups excluding tert-OH is 1. The second kappa shape index (κ2) is 7.85. The lowest BCUT2D eigenvalue weighted by atomic mass is 10.1. The number of pyridine rings is 1. The van der Waals surface area contributed by atoms with Crippen LogP contribution in [0.2, 0.25) is 0 Å². The quantitative estimate of drug-likeness (QED) is 0.926. The SMILES string of the molecule is COc1cccc(CN2CC[C@@H](CO)N(C)c3nc(C)ccc3C2)c1. The normalized spacial score (nSPS) is 18.4. The van der Waals surface area contributed by atoms with Crippen LogP contribution in [0.1, 0.15) is 23.2 Å². The summed E-state index contributed by atoms with van der Waals surface area (Å²) in [6.07, 6.45) is 0.909. The number of methoxy groups -OCH3 is 1. The van der Waals surface area contributed by atoms with Crippen LogP contribution in [0.5, 0.6) is 5.75 Å². The van der Waals surface area contributed by atoms with Gasteiger partial charge in [0, 0.05) is 37.9 Å². The van der Waals surface area contributed by atoms with E-state index in [9.17, 15) is 5.11 Å². The standard InChI is InChI=1S/C20H27N3O2/c1-15-7-8-17-13-23(12-16-5-4-6-19(11-16)25-3)10-9-18(14-24)22(2)20(17)21-15/h4-8,11,18,24H,9-10,12-14H2,1-3H3/t18-/m0/s1. The lowest BCUT2D eigenvalue weighted by Crippen LogP contribution is -2.41. The van der Waals surface area contributed by atoms with Gasteiger partial charge in [0.05, 0.1) is 19.8 Å². The van der Waals surface area contributed by atoms with E-state index in [1.165, 1.54) is 11.1 Å². The molecule has 0 aliphatic carbocycles. The van der Waals surface area contributed by atoms with Crippen molar-refractivity contribution in [2.75, 3.05) is 32.2 Å². The second-order valence-electron chi connectivity index (χ2n) is 6.73. The highest BCUT2D eigenvalue weighted by Crippen LogP contribution is 2.26. The number of fused-ring (bicyclic) bond motifs is 1. The van der Waals surface area contributed by atoms with Gasteiger partial charge in [0.15, 0.2) is 0 Å². The number of ether oxygens (including phenoxy) is 1. The Hall–Kier alpha value is -2.11. The first-order valence-electron chi connectivity index (χ1n) is 8.76. The minimum atomic E-state index is 0.0844. The highest BCUT2D eigenvalue weighted by atomic mass is 16.5. The van der Waals surface area contributed by atoms with E-state index in [2.05, 4.69) is 34.1 Å². The van der Waals surface area contributed by atoms with Crippen molar-refractivity contribution in [2.24, 2.45) is 0 Å². The molecule has 1 aromatic heterocycles. The van der Waals surface area contributed by atoms with E-state index < -0.39 is 0 Å². The summed E-state index contributed by atoms with van der Waals surface area (Å²) in [5.41, 5.74) is 3.44. The molecule has 0 amide bonds. The molecule has 1 aliphatic heterocycles. The van der Waals surface area contributed by atoms with Gasteiger partial charge in [-0.05, 0) is 37.1 Å². The predicted molar refractivity (Wildman–Crippen MR) is 100.0 cm³/mol. The van der Waals surface area contributed by atoms with Gasteiger partial charge in [-0.25, -0.2) is 4.98 Å². The third kappa shape index (κ3) is 4.11. The predicted octanol–water partition coefficient (Wildman–Crippen LogP) is 2.60. The Kier molecular flexibility index (Phi) is 5.56. The number of rotatable bonds is 4. The molecule has 5 heteroatoms. The van der Waals surface area contributed by atoms with Crippen molar-refractivity contribution >= 4 is 5.82 Å². The number of aromatic nitrogens is 1. The number of nitrogens with zero attached hydrogens (tertiary/aromatic N) is 3. The van der Waals surface area contributed by atoms with Crippen LogP contribution in [0.15, 0.2) is 36.4 Å². The monoisotopic (exact) mass is 341 g/mol. The fourth-order valence-corrected chi connectivity index (χ4v) is 3.40. The number of anilines is 1. The number of hydrogen-bond donors (Lipinski definition) is 1. The Morgan fingerprint density at radius 1 is 1.28 bits per heavy atom. The molecule has 0 fully saturated rings. The molecule has 0 saturated heterocycles. The van der Waals surface area contributed by atoms with Crippen molar-refractivity contribution in [2.45, 2.75) is 32.5 Å². The van der Waals surface area contributed by atoms with Crippen LogP contribution in [0, 0.1) is 6.92 Å². The van der Waals surface area contributed by atoms with Crippen LogP contribution in [-0.2, 0) is 13.1 Å². The zero-order chi connectivity index (χ0) is 17.8. The minimum Gasteiger partial charge on any atom is -0.497 e. The first-order chi connectivity index (χ1) is 12.1. The molecule has 1 N–H and O–H groups in total. The Balaban J connectivity index is 1.86. The Morgan fingerprint density at radius 2 is 2.12 bits per heavy atom. The van der Waals surface area contributed by atoms with Gasteiger partial charge < -0.3 is 14.7 Å². The van der Waals surface area contributed by atoms with Crippen molar-refractivity contribution in [1.29, 1.82) is 0 Å². The van der Waals surface area contributed by atoms with Crippen LogP contribution in [0.3, 0.4) is 0 Å². The third-order valence-corrected chi connectivity index (χ3v) is 4.90. The molecule has 2 heterocycles. The summed E-state index contributed by atoms with van der Waals surface area (Å²) in [4.78, 5) is 9.28. The minimum absolute atomic E-state index is 0.0844. The maximum atomic E-state index is 9.81. The molecule has 5 nitrogen and oxygen atoms in total. The van der Waals surface area contributed by atoms with E-state index >= 15 is 0 Å². The zero-order valence-electron chi connectivity index (χ0n) is 15.3. The van der Waals surface area contributed by atoms with Crippen LogP contribution >= 0.6 is 0 Å². The average Bonchev–Trinajstić information content (AvgIpc) is 2.62. The smallest absolute Gasteiger partial charge is 0.133 e. The van der Waals surface area contributed by atoms with Gasteiger partial charge >= 0.3 is 0 Å². The first-order valence-corrected chi connectivity index (χ1v) is 8.76. The van der Waals surface area contributed by atoms with Gasteiger partial charge in [-0.2, -0.15) is 0 Å². The number of aliphatic hydroxyl groups is 1. The topological polar surface area (TPSA) is 48.8 Å². The number of benzene rings is 1. The molecule has 0 radical (unpaired) electrons. The molecule has 0 bridgehead atoms. The van der Waals surface area contributed by atoms with E-state index in [4.69, 9.17) is 9.72 Å². The average molecular weight is 341 g/mol. The summed E-state index contributed by atoms with van der Waals surface area (Å²) in [7, 11) is 3.73. The molecular formula is C20H27N3O2. The van der Waals surface area contributed by atoms with Gasteiger partial charge in [0.2, 0.25) is 0 Å². The van der Waals surface area contributed by atoms with E-state index in [1.807, 2.05) is 26.1 Å². The Morgan fingerprint density at radius 3 is 2.88 bits per heavy atom. The van der Waals surface area contributed by atoms with Gasteiger partial charge in [-0.1, -0.05) is 18.2 Å². The Bertz CT molecular complexity index is 720. The van der Waals surface area contributed by atoms with Crippen LogP contribution in [0.25, 0.3) is 0 Å². The van der Waals surface area contributed by atoms with Crippen molar-refractivity contribution < 1.29 is 9.84 Å². The maximum Gasteiger partial charge on any atom is 0.133 e. The number of aryl methyl sites for hydroxylation is 1. The zero-order valence-corrected chi connectivity index (χ0v) is 15.3. The molecular weight excluding hydrogens is 314 g/mol. The number of likely N-dealkylation sites (N-methyl/N-ethyl adjacent to an activating group) is 1. The largest absolute Gasteiger partial charge is 0.497 e. The molecule has 2 aromatic rings. The van der Waals surface area contributed by atoms with Crippen molar-refractivity contribution in [3.63, 3.8) is 0 Å². The van der Waals surface area contributed by atoms with Gasteiger partial charge in [0.25, 0.3) is 0 Å². The third-order valence-electron chi connectivity index (χ3n) is 4.90. The fourth-order valence-electron chi connectivity index (χ4n) is 3.40. The van der Waals surface area contributed by atoms with E-state index in [0.29, 0.717) is 0 Å². The second-order valence-corrected chi connectivity index (χ2v) is 6.73. The fraction of sp³-hybridized carbons (Fsp3) is 0.450. The Labute approximate surface area is 149 Å². The lowest BCUT2D eigenvalue weighted by Gasteiger charge is -2.35. The van der Waals surface area contributed by atoms with Crippen molar-refractivity contribution in [1.82, 2.24) is 9.88 Å². The number of hydrogen-bond acceptors (Lipinski definition) is 5. The van der Waals surface area contributed by atoms with Crippen LogP contribution in [-0.4, -0.2) is 48.3 Å². The van der Waals surface area contributed by atoms with Crippen LogP contribution in [0.4, 0.5) is 5.82 Å². The van der Waals surface area contributed by atoms with E-state index in [1.54, 1.807) is 7.11 Å². The molecule has 0 saturated carbocycles. The summed E-state index contributed by atoms with van der Waals surface area (Å²) >= 11 is 0. The lowest BCUT2D eigenvalue weighted by molar-refractivity contribution is 0.205. The molecule has 1 aromatic carbocycles. The first kappa shape index (κ1) is 17.7. The summed E-state index contributed by atoms with van der Waals surface area (Å²) < 4.78 is 5.34. The van der Waals surface area contributed by atoms with Gasteiger partial charge in [0.1, 0.15) is 11.6 Å². The maximum absolute atomic E-state index is 9.81. The molecule has 3 rings (SSSR count). The molecule has 0 spiro atoms. The van der Waals surface area contributed by atoms with Crippen molar-refractivity contribution in [3.05, 3.63) is 53.2 Å². The highest BCUT2D eigenvalue weighted by Gasteiger charge is 2.24. The van der Waals surface area contributed by atoms with Crippen LogP contribution < -0.4 is 9.64 Å². The molecule has 134 valence electrons. The molecule has 1 aliphatic rings. The summed E-state index contributed by atoms with van der Waals surface area (Å²) in [6, 6.07) is 12.5. The summed E-state index contributed by atoms with van der Waals surface area (Å²) in [5.74, 6) is 1.87. The summed E-state index contributed by atoms with van der Waals surface area (Å²) in [5, 5.41) is 9.81. The highest BCUT2D eigenvalue weighted by molar-refractivity contribution is 5.48. The molecule has 25 heavy (non-hydrogen) atoms. The van der Waals surface area contributed by atoms with E-state index in [0.717, 1.165) is 43.3 Å². The molecule has 0 unspecified atom stereocenters. The summed E-state index contributed by atoms with van der Waals surface area (Å²) in [6.45, 7) is 4.78. The van der Waals surface area contributed by atoms with Gasteiger partial charge in [-0.15, -0.1) is 0 Å².